The van der Waals surface area contributed by atoms with E-state index in [2.05, 4.69) is 0 Å². The molecule has 0 aromatic carbocycles. The van der Waals surface area contributed by atoms with Gasteiger partial charge in [-0.3, -0.25) is 28.8 Å². The first-order valence-corrected chi connectivity index (χ1v) is 12.1. The minimum Gasteiger partial charge on any atom is -0.494 e. The van der Waals surface area contributed by atoms with Gasteiger partial charge in [-0.05, 0) is 62.3 Å². The monoisotopic (exact) mass is 605 g/mol. The van der Waals surface area contributed by atoms with Crippen LogP contribution in [0, 0.1) is 0 Å². The van der Waals surface area contributed by atoms with E-state index in [9.17, 15) is 44.1 Å². The number of ketones is 6. The van der Waals surface area contributed by atoms with Crippen LogP contribution in [0.4, 0.5) is 0 Å². The molecule has 12 nitrogen and oxygen atoms in total. The average molecular weight is 605 g/mol. The van der Waals surface area contributed by atoms with Crippen molar-refractivity contribution in [2.75, 3.05) is 21.1 Å². The van der Waals surface area contributed by atoms with E-state index >= 15 is 0 Å². The van der Waals surface area contributed by atoms with Crippen LogP contribution in [-0.2, 0) is 45.8 Å². The number of rotatable bonds is 3. The van der Waals surface area contributed by atoms with Crippen LogP contribution in [0.1, 0.15) is 62.3 Å². The average Bonchev–Trinajstić information content (AvgIpc) is 3.14. The molecule has 0 atom stereocenters. The molecule has 0 radical (unpaired) electrons. The Morgan fingerprint density at radius 1 is 0.500 bits per heavy atom. The van der Waals surface area contributed by atoms with Gasteiger partial charge >= 0.3 is 0 Å². The third-order valence-electron chi connectivity index (χ3n) is 7.54. The molecular weight excluding hydrogens is 566 g/mol. The second kappa shape index (κ2) is 12.0. The predicted octanol–water partition coefficient (Wildman–Crippen LogP) is 1.91. The van der Waals surface area contributed by atoms with Crippen LogP contribution in [0.25, 0.3) is 0 Å². The summed E-state index contributed by atoms with van der Waals surface area (Å²) in [6, 6.07) is 0. The van der Waals surface area contributed by atoms with Gasteiger partial charge in [-0.15, -0.1) is 0 Å². The molecule has 0 spiro atoms. The Morgan fingerprint density at radius 2 is 0.650 bits per heavy atom. The van der Waals surface area contributed by atoms with Gasteiger partial charge in [0.15, 0.2) is 34.7 Å². The van der Waals surface area contributed by atoms with E-state index in [-0.39, 0.29) is 86.1 Å². The molecule has 3 rings (SSSR count). The second-order valence-electron chi connectivity index (χ2n) is 11.1. The Hall–Kier alpha value is -3.44. The van der Waals surface area contributed by atoms with Gasteiger partial charge in [0.05, 0.1) is 0 Å². The van der Waals surface area contributed by atoms with Gasteiger partial charge < -0.3 is 30.0 Å². The van der Waals surface area contributed by atoms with Gasteiger partial charge in [-0.2, -0.15) is 0 Å². The molecule has 0 saturated heterocycles. The van der Waals surface area contributed by atoms with Gasteiger partial charge in [-0.1, -0.05) is 0 Å². The number of carbonyl (C=O) groups is 6. The van der Waals surface area contributed by atoms with E-state index in [1.807, 2.05) is 0 Å². The quantitative estimate of drug-likeness (QED) is 0.316. The Balaban J connectivity index is 0.000000563. The molecule has 3 aliphatic heterocycles. The molecule has 0 fully saturated rings. The molecule has 224 valence electrons. The maximum absolute atomic E-state index is 11.6. The third kappa shape index (κ3) is 6.00. The Bertz CT molecular complexity index is 1100. The van der Waals surface area contributed by atoms with E-state index in [4.69, 9.17) is 0 Å². The number of nitrogens with zero attached hydrogens (tertiary/aromatic N) is 3. The van der Waals surface area contributed by atoms with E-state index in [1.54, 1.807) is 62.7 Å². The number of hydrogen-bond donors (Lipinski definition) is 3. The minimum atomic E-state index is -0.814. The van der Waals surface area contributed by atoms with Crippen LogP contribution in [0.15, 0.2) is 34.4 Å². The summed E-state index contributed by atoms with van der Waals surface area (Å²) in [4.78, 5) is 72.2. The molecule has 3 N–H and O–H groups in total. The normalized spacial score (nSPS) is 20.7. The van der Waals surface area contributed by atoms with Gasteiger partial charge in [0.25, 0.3) is 0 Å². The molecule has 0 aromatic heterocycles. The Morgan fingerprint density at radius 3 is 0.700 bits per heavy atom. The number of hydrogen-bond acceptors (Lipinski definition) is 12. The van der Waals surface area contributed by atoms with Gasteiger partial charge in [0.1, 0.15) is 33.3 Å². The maximum atomic E-state index is 11.6. The maximum Gasteiger partial charge on any atom is 0.202 e. The first-order chi connectivity index (χ1) is 17.4. The molecule has 0 unspecified atom stereocenters. The topological polar surface area (TPSA) is 173 Å². The van der Waals surface area contributed by atoms with Crippen LogP contribution < -0.4 is 0 Å². The Labute approximate surface area is 244 Å². The molecular formula is C27H39FeN3O9. The van der Waals surface area contributed by atoms with Crippen LogP contribution in [0.3, 0.4) is 0 Å². The molecule has 3 aliphatic rings. The largest absolute Gasteiger partial charge is 0.494 e. The van der Waals surface area contributed by atoms with Crippen LogP contribution in [0.5, 0.6) is 0 Å². The Kier molecular flexibility index (Phi) is 10.9. The standard InChI is InChI=1S/3C9H13NO3.Fe/c3*1-5(11)6-7(12)9(2,3)10(4)8(6)13;/h3*13H,1-4H3;. The molecule has 0 aromatic rings. The molecule has 40 heavy (non-hydrogen) atoms. The van der Waals surface area contributed by atoms with E-state index < -0.39 is 16.6 Å². The number of aliphatic hydroxyl groups excluding tert-OH is 3. The summed E-state index contributed by atoms with van der Waals surface area (Å²) in [5.74, 6) is -2.78. The van der Waals surface area contributed by atoms with Crippen LogP contribution >= 0.6 is 0 Å². The first kappa shape index (κ1) is 36.6. The fraction of sp³-hybridized carbons (Fsp3) is 0.556. The van der Waals surface area contributed by atoms with Crippen molar-refractivity contribution in [3.05, 3.63) is 34.4 Å². The predicted molar refractivity (Wildman–Crippen MR) is 142 cm³/mol. The van der Waals surface area contributed by atoms with Crippen molar-refractivity contribution in [3.63, 3.8) is 0 Å². The molecule has 0 amide bonds. The molecule has 0 saturated carbocycles. The summed E-state index contributed by atoms with van der Waals surface area (Å²) in [5, 5.41) is 28.5. The molecule has 0 aliphatic carbocycles. The van der Waals surface area contributed by atoms with Crippen molar-refractivity contribution in [2.45, 2.75) is 78.9 Å². The van der Waals surface area contributed by atoms with Gasteiger partial charge in [0, 0.05) is 38.2 Å². The zero-order chi connectivity index (χ0) is 31.2. The van der Waals surface area contributed by atoms with E-state index in [0.29, 0.717) is 0 Å². The van der Waals surface area contributed by atoms with Crippen LogP contribution in [0.2, 0.25) is 0 Å². The molecule has 3 heterocycles. The third-order valence-corrected chi connectivity index (χ3v) is 7.54. The van der Waals surface area contributed by atoms with Crippen molar-refractivity contribution in [1.29, 1.82) is 0 Å². The molecule has 13 heteroatoms. The fourth-order valence-corrected chi connectivity index (χ4v) is 3.93. The summed E-state index contributed by atoms with van der Waals surface area (Å²) >= 11 is 0. The zero-order valence-corrected chi connectivity index (χ0v) is 26.1. The smallest absolute Gasteiger partial charge is 0.202 e. The van der Waals surface area contributed by atoms with Crippen molar-refractivity contribution in [2.24, 2.45) is 0 Å². The minimum absolute atomic E-state index is 0. The second-order valence-corrected chi connectivity index (χ2v) is 11.1. The zero-order valence-electron chi connectivity index (χ0n) is 25.0. The van der Waals surface area contributed by atoms with E-state index in [0.717, 1.165) is 0 Å². The van der Waals surface area contributed by atoms with Crippen molar-refractivity contribution < 1.29 is 61.2 Å². The van der Waals surface area contributed by atoms with Crippen molar-refractivity contribution >= 4 is 34.7 Å². The summed E-state index contributed by atoms with van der Waals surface area (Å²) in [6.07, 6.45) is 0. The van der Waals surface area contributed by atoms with Crippen molar-refractivity contribution in [1.82, 2.24) is 14.7 Å². The summed E-state index contributed by atoms with van der Waals surface area (Å²) in [5.41, 5.74) is -2.71. The summed E-state index contributed by atoms with van der Waals surface area (Å²) < 4.78 is 0. The number of carbonyl (C=O) groups excluding carboxylic acids is 6. The van der Waals surface area contributed by atoms with Crippen LogP contribution in [-0.4, -0.2) is 102 Å². The number of Topliss-reactive ketones (excluding diaryl/α,β-unsaturated/α-hetero) is 6. The molecule has 0 bridgehead atoms. The number of aliphatic hydroxyl groups is 3. The number of likely N-dealkylation sites (N-methyl/N-ethyl adjacent to an activating group) is 3. The van der Waals surface area contributed by atoms with Crippen molar-refractivity contribution in [3.8, 4) is 0 Å². The first-order valence-electron chi connectivity index (χ1n) is 12.1. The van der Waals surface area contributed by atoms with E-state index in [1.165, 1.54) is 35.5 Å². The van der Waals surface area contributed by atoms with Gasteiger partial charge in [0.2, 0.25) is 17.6 Å². The fourth-order valence-electron chi connectivity index (χ4n) is 3.93. The SMILES string of the molecule is CC(=O)C1=C(O)N(C)C(C)(C)C1=O.CC(=O)C1=C(O)N(C)C(C)(C)C1=O.CC(=O)C1=C(O)N(C)C(C)(C)C1=O.[Fe]. The van der Waals surface area contributed by atoms with Gasteiger partial charge in [-0.25, -0.2) is 0 Å². The summed E-state index contributed by atoms with van der Waals surface area (Å²) in [7, 11) is 4.76. The summed E-state index contributed by atoms with van der Waals surface area (Å²) in [6.45, 7) is 13.8.